The van der Waals surface area contributed by atoms with Crippen molar-refractivity contribution in [2.75, 3.05) is 6.61 Å². The molecule has 1 atom stereocenters. The van der Waals surface area contributed by atoms with E-state index in [1.807, 2.05) is 37.3 Å². The first-order valence-corrected chi connectivity index (χ1v) is 8.58. The lowest BCUT2D eigenvalue weighted by atomic mass is 10.0. The van der Waals surface area contributed by atoms with Crippen LogP contribution in [0.1, 0.15) is 24.8 Å². The lowest BCUT2D eigenvalue weighted by Gasteiger charge is -2.13. The fraction of sp³-hybridized carbons (Fsp3) is 0.278. The molecule has 3 rings (SSSR count). The Bertz CT molecular complexity index is 944. The topological polar surface area (TPSA) is 61.2 Å². The van der Waals surface area contributed by atoms with Gasteiger partial charge in [-0.2, -0.15) is 0 Å². The standard InChI is InChI=1S/C18H18N2O3S/c1-4-23-18(22)11(2)20-10-19-16-15(17(20)21)14(12(3)24-16)13-8-6-5-7-9-13/h5-11H,4H2,1-3H3. The molecule has 1 aromatic carbocycles. The van der Waals surface area contributed by atoms with Gasteiger partial charge in [0.2, 0.25) is 0 Å². The van der Waals surface area contributed by atoms with E-state index in [1.165, 1.54) is 22.2 Å². The molecule has 0 aliphatic heterocycles. The van der Waals surface area contributed by atoms with E-state index in [0.717, 1.165) is 16.0 Å². The zero-order valence-electron chi connectivity index (χ0n) is 13.8. The second-order valence-electron chi connectivity index (χ2n) is 5.46. The highest BCUT2D eigenvalue weighted by Gasteiger charge is 2.22. The van der Waals surface area contributed by atoms with Crippen molar-refractivity contribution in [3.05, 3.63) is 51.9 Å². The zero-order chi connectivity index (χ0) is 17.3. The smallest absolute Gasteiger partial charge is 0.328 e. The summed E-state index contributed by atoms with van der Waals surface area (Å²) in [6, 6.07) is 9.05. The third kappa shape index (κ3) is 2.73. The predicted octanol–water partition coefficient (Wildman–Crippen LogP) is 3.56. The summed E-state index contributed by atoms with van der Waals surface area (Å²) in [4.78, 5) is 31.1. The lowest BCUT2D eigenvalue weighted by molar-refractivity contribution is -0.146. The van der Waals surface area contributed by atoms with Crippen LogP contribution in [0.3, 0.4) is 0 Å². The van der Waals surface area contributed by atoms with Gasteiger partial charge in [0.05, 0.1) is 18.3 Å². The fourth-order valence-electron chi connectivity index (χ4n) is 2.72. The van der Waals surface area contributed by atoms with E-state index >= 15 is 0 Å². The normalized spacial score (nSPS) is 12.3. The minimum absolute atomic E-state index is 0.219. The van der Waals surface area contributed by atoms with Gasteiger partial charge in [0.1, 0.15) is 10.9 Å². The summed E-state index contributed by atoms with van der Waals surface area (Å²) < 4.78 is 6.37. The molecule has 0 aliphatic carbocycles. The summed E-state index contributed by atoms with van der Waals surface area (Å²) >= 11 is 1.49. The number of aryl methyl sites for hydroxylation is 1. The van der Waals surface area contributed by atoms with Crippen LogP contribution in [0.2, 0.25) is 0 Å². The number of esters is 1. The fourth-order valence-corrected chi connectivity index (χ4v) is 3.72. The molecule has 0 saturated heterocycles. The Morgan fingerprint density at radius 2 is 2.04 bits per heavy atom. The molecule has 3 aromatic rings. The van der Waals surface area contributed by atoms with E-state index in [9.17, 15) is 9.59 Å². The van der Waals surface area contributed by atoms with Gasteiger partial charge in [-0.25, -0.2) is 9.78 Å². The Morgan fingerprint density at radius 1 is 1.33 bits per heavy atom. The first-order valence-electron chi connectivity index (χ1n) is 7.76. The van der Waals surface area contributed by atoms with Crippen LogP contribution in [0.25, 0.3) is 21.3 Å². The van der Waals surface area contributed by atoms with Crippen LogP contribution >= 0.6 is 11.3 Å². The Kier molecular flexibility index (Phi) is 4.49. The molecular formula is C18H18N2O3S. The lowest BCUT2D eigenvalue weighted by Crippen LogP contribution is -2.29. The predicted molar refractivity (Wildman–Crippen MR) is 95.4 cm³/mol. The molecule has 2 heterocycles. The van der Waals surface area contributed by atoms with Gasteiger partial charge in [-0.1, -0.05) is 30.3 Å². The molecule has 1 unspecified atom stereocenters. The van der Waals surface area contributed by atoms with Crippen LogP contribution in [0.15, 0.2) is 41.5 Å². The highest BCUT2D eigenvalue weighted by molar-refractivity contribution is 7.19. The number of ether oxygens (including phenoxy) is 1. The number of carbonyl (C=O) groups is 1. The number of rotatable bonds is 4. The van der Waals surface area contributed by atoms with Crippen LogP contribution in [0.5, 0.6) is 0 Å². The van der Waals surface area contributed by atoms with Crippen molar-refractivity contribution in [2.24, 2.45) is 0 Å². The summed E-state index contributed by atoms with van der Waals surface area (Å²) in [6.45, 7) is 5.65. The van der Waals surface area contributed by atoms with Crippen molar-refractivity contribution in [1.29, 1.82) is 0 Å². The van der Waals surface area contributed by atoms with E-state index in [1.54, 1.807) is 13.8 Å². The first kappa shape index (κ1) is 16.4. The monoisotopic (exact) mass is 342 g/mol. The highest BCUT2D eigenvalue weighted by atomic mass is 32.1. The number of fused-ring (bicyclic) bond motifs is 1. The van der Waals surface area contributed by atoms with Crippen molar-refractivity contribution in [3.8, 4) is 11.1 Å². The van der Waals surface area contributed by atoms with Gasteiger partial charge < -0.3 is 4.74 Å². The van der Waals surface area contributed by atoms with Gasteiger partial charge in [0.15, 0.2) is 0 Å². The summed E-state index contributed by atoms with van der Waals surface area (Å²) in [5.41, 5.74) is 1.64. The van der Waals surface area contributed by atoms with E-state index in [0.29, 0.717) is 10.2 Å². The number of carbonyl (C=O) groups excluding carboxylic acids is 1. The minimum atomic E-state index is -0.710. The molecule has 0 amide bonds. The van der Waals surface area contributed by atoms with Crippen molar-refractivity contribution in [2.45, 2.75) is 26.8 Å². The van der Waals surface area contributed by atoms with E-state index in [-0.39, 0.29) is 12.2 Å². The maximum absolute atomic E-state index is 13.0. The second-order valence-corrected chi connectivity index (χ2v) is 6.67. The Labute approximate surface area is 143 Å². The Hall–Kier alpha value is -2.47. The quantitative estimate of drug-likeness (QED) is 0.680. The Morgan fingerprint density at radius 3 is 2.71 bits per heavy atom. The molecule has 0 fully saturated rings. The van der Waals surface area contributed by atoms with Crippen LogP contribution in [-0.2, 0) is 9.53 Å². The summed E-state index contributed by atoms with van der Waals surface area (Å²) in [6.07, 6.45) is 1.43. The zero-order valence-corrected chi connectivity index (χ0v) is 14.6. The van der Waals surface area contributed by atoms with Crippen LogP contribution in [-0.4, -0.2) is 22.1 Å². The molecule has 2 aromatic heterocycles. The SMILES string of the molecule is CCOC(=O)C(C)n1cnc2sc(C)c(-c3ccccc3)c2c1=O. The number of hydrogen-bond donors (Lipinski definition) is 0. The maximum atomic E-state index is 13.0. The van der Waals surface area contributed by atoms with Crippen molar-refractivity contribution in [1.82, 2.24) is 9.55 Å². The molecule has 6 heteroatoms. The number of thiophene rings is 1. The Balaban J connectivity index is 2.22. The number of aromatic nitrogens is 2. The third-order valence-corrected chi connectivity index (χ3v) is 4.93. The van der Waals surface area contributed by atoms with Gasteiger partial charge in [0.25, 0.3) is 5.56 Å². The van der Waals surface area contributed by atoms with Crippen LogP contribution in [0.4, 0.5) is 0 Å². The number of hydrogen-bond acceptors (Lipinski definition) is 5. The molecule has 0 bridgehead atoms. The summed E-state index contributed by atoms with van der Waals surface area (Å²) in [7, 11) is 0. The van der Waals surface area contributed by atoms with Crippen LogP contribution in [0, 0.1) is 6.92 Å². The van der Waals surface area contributed by atoms with Crippen LogP contribution < -0.4 is 5.56 Å². The van der Waals surface area contributed by atoms with Gasteiger partial charge in [-0.3, -0.25) is 9.36 Å². The van der Waals surface area contributed by atoms with Gasteiger partial charge in [0, 0.05) is 10.4 Å². The molecular weight excluding hydrogens is 324 g/mol. The molecule has 0 aliphatic rings. The van der Waals surface area contributed by atoms with Gasteiger partial charge in [-0.15, -0.1) is 11.3 Å². The van der Waals surface area contributed by atoms with Gasteiger partial charge >= 0.3 is 5.97 Å². The molecule has 0 spiro atoms. The molecule has 0 radical (unpaired) electrons. The number of nitrogens with zero attached hydrogens (tertiary/aromatic N) is 2. The average molecular weight is 342 g/mol. The van der Waals surface area contributed by atoms with Gasteiger partial charge in [-0.05, 0) is 26.3 Å². The van der Waals surface area contributed by atoms with Crippen molar-refractivity contribution < 1.29 is 9.53 Å². The van der Waals surface area contributed by atoms with Crippen molar-refractivity contribution >= 4 is 27.5 Å². The molecule has 124 valence electrons. The first-order chi connectivity index (χ1) is 11.5. The van der Waals surface area contributed by atoms with Crippen molar-refractivity contribution in [3.63, 3.8) is 0 Å². The molecule has 24 heavy (non-hydrogen) atoms. The minimum Gasteiger partial charge on any atom is -0.464 e. The number of benzene rings is 1. The average Bonchev–Trinajstić information content (AvgIpc) is 2.92. The summed E-state index contributed by atoms with van der Waals surface area (Å²) in [5.74, 6) is -0.436. The molecule has 0 N–H and O–H groups in total. The van der Waals surface area contributed by atoms with E-state index < -0.39 is 12.0 Å². The largest absolute Gasteiger partial charge is 0.464 e. The summed E-state index contributed by atoms with van der Waals surface area (Å²) in [5, 5.41) is 0.558. The van der Waals surface area contributed by atoms with E-state index in [4.69, 9.17) is 4.74 Å². The molecule has 5 nitrogen and oxygen atoms in total. The second kappa shape index (κ2) is 6.57. The maximum Gasteiger partial charge on any atom is 0.328 e. The highest BCUT2D eigenvalue weighted by Crippen LogP contribution is 2.35. The molecule has 0 saturated carbocycles. The third-order valence-electron chi connectivity index (χ3n) is 3.92. The van der Waals surface area contributed by atoms with E-state index in [2.05, 4.69) is 4.98 Å².